The molecule has 1 saturated heterocycles. The molecule has 35 heteroatoms. The van der Waals surface area contributed by atoms with Crippen molar-refractivity contribution in [2.24, 2.45) is 0 Å². The van der Waals surface area contributed by atoms with Crippen molar-refractivity contribution < 1.29 is 82.2 Å². The first kappa shape index (κ1) is 91.0. The van der Waals surface area contributed by atoms with Crippen LogP contribution >= 0.6 is 11.6 Å². The first-order valence-electron chi connectivity index (χ1n) is 40.4. The number of rotatable bonds is 41. The number of anilines is 1. The quantitative estimate of drug-likeness (QED) is 0.0118. The second kappa shape index (κ2) is 40.7. The number of pyridine rings is 1. The number of hydrogen-bond donors (Lipinski definition) is 6. The van der Waals surface area contributed by atoms with E-state index >= 15 is 0 Å². The fourth-order valence-corrected chi connectivity index (χ4v) is 16.3. The number of nitriles is 1. The summed E-state index contributed by atoms with van der Waals surface area (Å²) in [6.07, 6.45) is 17.7. The Morgan fingerprint density at radius 2 is 1.43 bits per heavy atom. The Kier molecular flexibility index (Phi) is 30.6. The van der Waals surface area contributed by atoms with Crippen molar-refractivity contribution in [3.63, 3.8) is 0 Å². The highest BCUT2D eigenvalue weighted by Gasteiger charge is 2.48. The Hall–Kier alpha value is -10.8. The number of nitrogens with zero attached hydrogens (tertiary/aromatic N) is 11. The SMILES string of the molecule is CCCCN1C(=CC=C2CCCC(C=CC3=[N+](CCCCS(=O)(=O)O)c4ccc(S(=O)(=O)O)cc4C3(C)C)=C2Oc2ccc(CCC(=O)NCCNC(=O)c3cc(-c4cn(CCOCC)nn4)cc(-c4cn(CCOCCOCCC(=O)NCc5cc(C(=O)NCC(=O)N6CC(F)(F)C[C@@H]6C#N)c(Cl)cn5)nn4)c3)cc2)C(C)(C)c2cc(C)ccc21. The second-order valence-electron chi connectivity index (χ2n) is 31.1. The number of carbonyl (C=O) groups is 5. The molecule has 0 saturated carbocycles. The number of aromatic nitrogens is 7. The van der Waals surface area contributed by atoms with Crippen molar-refractivity contribution in [3.8, 4) is 34.3 Å². The lowest BCUT2D eigenvalue weighted by molar-refractivity contribution is -0.438. The van der Waals surface area contributed by atoms with Crippen LogP contribution in [0.1, 0.15) is 154 Å². The molecule has 11 rings (SSSR count). The fourth-order valence-electron chi connectivity index (χ4n) is 15.0. The van der Waals surface area contributed by atoms with Crippen molar-refractivity contribution >= 4 is 78.5 Å². The lowest BCUT2D eigenvalue weighted by Gasteiger charge is -2.27. The molecule has 0 radical (unpaired) electrons. The number of likely N-dealkylation sites (tertiary alicyclic amines) is 1. The molecular formula is C86H103ClF2N15O15S2+. The van der Waals surface area contributed by atoms with Crippen LogP contribution in [0.15, 0.2) is 155 Å². The molecule has 6 N–H and O–H groups in total. The van der Waals surface area contributed by atoms with Gasteiger partial charge in [-0.15, -0.1) is 10.2 Å². The van der Waals surface area contributed by atoms with Crippen LogP contribution < -0.4 is 30.9 Å². The summed E-state index contributed by atoms with van der Waals surface area (Å²) >= 11 is 6.20. The number of halogens is 3. The highest BCUT2D eigenvalue weighted by Crippen LogP contribution is 2.49. The minimum atomic E-state index is -4.55. The normalized spacial score (nSPS) is 16.7. The topological polar surface area (TPSA) is 387 Å². The third-order valence-electron chi connectivity index (χ3n) is 21.5. The van der Waals surface area contributed by atoms with E-state index < -0.39 is 80.6 Å². The number of alkyl halides is 2. The van der Waals surface area contributed by atoms with Crippen LogP contribution in [-0.2, 0) is 85.7 Å². The van der Waals surface area contributed by atoms with Crippen LogP contribution in [0.4, 0.5) is 20.2 Å². The van der Waals surface area contributed by atoms with Gasteiger partial charge in [0.05, 0.1) is 117 Å². The van der Waals surface area contributed by atoms with Crippen molar-refractivity contribution in [2.75, 3.05) is 89.6 Å². The lowest BCUT2D eigenvalue weighted by atomic mass is 9.81. The van der Waals surface area contributed by atoms with Gasteiger partial charge in [0.15, 0.2) is 5.71 Å². The van der Waals surface area contributed by atoms with Crippen molar-refractivity contribution in [2.45, 2.75) is 166 Å². The molecule has 3 aliphatic heterocycles. The molecule has 644 valence electrons. The number of hydrogen-bond acceptors (Lipinski definition) is 20. The van der Waals surface area contributed by atoms with Gasteiger partial charge in [-0.25, -0.2) is 18.1 Å². The smallest absolute Gasteiger partial charge is 0.294 e. The molecule has 6 heterocycles. The second-order valence-corrected chi connectivity index (χ2v) is 34.5. The van der Waals surface area contributed by atoms with E-state index in [0.717, 1.165) is 53.1 Å². The van der Waals surface area contributed by atoms with Gasteiger partial charge in [-0.1, -0.05) is 85.1 Å². The van der Waals surface area contributed by atoms with E-state index in [2.05, 4.69) is 110 Å². The number of benzene rings is 4. The number of aryl methyl sites for hydroxylation is 2. The number of unbranched alkanes of at least 4 members (excludes halogenated alkanes) is 2. The van der Waals surface area contributed by atoms with Gasteiger partial charge in [-0.2, -0.15) is 26.7 Å². The average molecular weight is 1720 g/mol. The van der Waals surface area contributed by atoms with Crippen LogP contribution in [0.3, 0.4) is 0 Å². The maximum atomic E-state index is 14.0. The third-order valence-corrected chi connectivity index (χ3v) is 23.4. The molecule has 3 aromatic heterocycles. The van der Waals surface area contributed by atoms with Gasteiger partial charge in [-0.05, 0) is 155 Å². The number of fused-ring (bicyclic) bond motifs is 2. The predicted octanol–water partition coefficient (Wildman–Crippen LogP) is 11.1. The number of amides is 5. The van der Waals surface area contributed by atoms with Gasteiger partial charge in [0, 0.05) is 109 Å². The summed E-state index contributed by atoms with van der Waals surface area (Å²) in [6.45, 7) is 16.9. The zero-order valence-electron chi connectivity index (χ0n) is 68.9. The Morgan fingerprint density at radius 1 is 0.736 bits per heavy atom. The van der Waals surface area contributed by atoms with Crippen LogP contribution in [0.2, 0.25) is 5.02 Å². The van der Waals surface area contributed by atoms with Crippen molar-refractivity contribution in [3.05, 3.63) is 195 Å². The summed E-state index contributed by atoms with van der Waals surface area (Å²) in [6, 6.07) is 25.7. The molecule has 4 aromatic carbocycles. The van der Waals surface area contributed by atoms with Gasteiger partial charge in [0.25, 0.3) is 38.0 Å². The minimum absolute atomic E-state index is 0.00907. The van der Waals surface area contributed by atoms with Crippen LogP contribution in [0, 0.1) is 18.3 Å². The lowest BCUT2D eigenvalue weighted by Crippen LogP contribution is -2.43. The van der Waals surface area contributed by atoms with Crippen molar-refractivity contribution in [1.29, 1.82) is 5.26 Å². The third kappa shape index (κ3) is 24.1. The summed E-state index contributed by atoms with van der Waals surface area (Å²) in [5.74, 6) is -5.03. The highest BCUT2D eigenvalue weighted by molar-refractivity contribution is 7.86. The maximum absolute atomic E-state index is 14.0. The first-order valence-corrected chi connectivity index (χ1v) is 43.9. The molecular weight excluding hydrogens is 1620 g/mol. The molecule has 0 bridgehead atoms. The summed E-state index contributed by atoms with van der Waals surface area (Å²) in [5.41, 5.74) is 11.3. The molecule has 7 aromatic rings. The molecule has 5 amide bonds. The van der Waals surface area contributed by atoms with Crippen LogP contribution in [-0.4, -0.2) is 202 Å². The zero-order valence-corrected chi connectivity index (χ0v) is 71.3. The van der Waals surface area contributed by atoms with Gasteiger partial charge in [0.1, 0.15) is 35.5 Å². The molecule has 0 spiro atoms. The summed E-state index contributed by atoms with van der Waals surface area (Å²) in [7, 11) is -8.76. The standard InChI is InChI=1S/C86H102ClF2N15O15S2/c1-8-10-33-102-74-25-16-57(3)43-69(74)84(4,5)76(102)27-20-59-14-13-15-60(21-28-77-85(6,7)70-48-67(121(113,114)115)24-26-75(70)103(77)34-11-12-42-120(110,111)112)81(59)119-66-22-17-58(18-23-66)19-29-78(105)91-31-32-92-82(108)63-45-61(72-54-100(98-96-72)35-38-116-9-2)44-62(46-63)73-55-101(99-97-73)36-39-118-41-40-117-37-30-79(106)94-51-64-47-68(71(87)52-93-64)83(109)95-53-80(107)104-56-86(88,89)49-65(104)50-90/h16-18,20-28,43-48,52,54-55,65H,8-15,19,29-42,49,51,53,56H2,1-7H3,(H5-,91,92,94,95,105,106,108,109,110,111,112,113,114,115)/p+1/t65-/m1/s1. The number of nitrogens with one attached hydrogen (secondary N) is 4. The molecule has 1 atom stereocenters. The Labute approximate surface area is 708 Å². The van der Waals surface area contributed by atoms with E-state index in [9.17, 15) is 64.0 Å². The molecule has 1 aliphatic carbocycles. The minimum Gasteiger partial charge on any atom is -0.457 e. The van der Waals surface area contributed by atoms with Gasteiger partial charge < -0.3 is 50.0 Å². The fraction of sp³-hybridized carbons (Fsp3) is 0.442. The largest absolute Gasteiger partial charge is 0.457 e. The summed E-state index contributed by atoms with van der Waals surface area (Å²) in [4.78, 5) is 72.7. The highest BCUT2D eigenvalue weighted by atomic mass is 35.5. The van der Waals surface area contributed by atoms with Gasteiger partial charge in [0.2, 0.25) is 23.4 Å². The number of allylic oxidation sites excluding steroid dienone is 7. The Morgan fingerprint density at radius 3 is 2.12 bits per heavy atom. The predicted molar refractivity (Wildman–Crippen MR) is 449 cm³/mol. The molecule has 0 unspecified atom stereocenters. The summed E-state index contributed by atoms with van der Waals surface area (Å²) in [5, 5.41) is 37.4. The van der Waals surface area contributed by atoms with Crippen LogP contribution in [0.5, 0.6) is 5.75 Å². The Balaban J connectivity index is 0.686. The number of ether oxygens (including phenoxy) is 4. The molecule has 30 nitrogen and oxygen atoms in total. The van der Waals surface area contributed by atoms with E-state index in [1.165, 1.54) is 46.9 Å². The van der Waals surface area contributed by atoms with E-state index in [1.54, 1.807) is 46.0 Å². The van der Waals surface area contributed by atoms with E-state index in [0.29, 0.717) is 109 Å². The monoisotopic (exact) mass is 1720 g/mol. The van der Waals surface area contributed by atoms with Crippen molar-refractivity contribution in [1.82, 2.24) is 61.1 Å². The number of carbonyl (C=O) groups excluding carboxylic acids is 5. The van der Waals surface area contributed by atoms with Gasteiger partial charge in [-0.3, -0.25) is 38.1 Å². The zero-order chi connectivity index (χ0) is 86.8. The van der Waals surface area contributed by atoms with Gasteiger partial charge >= 0.3 is 0 Å². The van der Waals surface area contributed by atoms with Crippen LogP contribution in [0.25, 0.3) is 22.5 Å². The molecule has 121 heavy (non-hydrogen) atoms. The first-order chi connectivity index (χ1) is 57.7. The maximum Gasteiger partial charge on any atom is 0.294 e. The summed E-state index contributed by atoms with van der Waals surface area (Å²) < 4.78 is 125. The molecule has 1 fully saturated rings. The molecule has 4 aliphatic rings. The van der Waals surface area contributed by atoms with E-state index in [4.69, 9.17) is 30.5 Å². The average Bonchev–Trinajstić information content (AvgIpc) is 1.59. The Bertz CT molecular complexity index is 5430. The van der Waals surface area contributed by atoms with E-state index in [-0.39, 0.29) is 104 Å². The van der Waals surface area contributed by atoms with E-state index in [1.807, 2.05) is 67.8 Å².